The average Bonchev–Trinajstić information content (AvgIpc) is 3.50. The standard InChI is InChI=1S/C22H21F3N2O3/c23-16-8-9-27(11-19(16)26-22(29)30)21(28)15-10-14(15)12-4-1-2-5-13(12)20-17(24)6-3-7-18(20)25/h1-7,14-16,19,26H,8-11H2,(H,29,30)/t14-,15+,16-,19+/m0/s1. The van der Waals surface area contributed by atoms with E-state index in [1.165, 1.54) is 23.1 Å². The fraction of sp³-hybridized carbons (Fsp3) is 0.364. The Balaban J connectivity index is 1.53. The average molecular weight is 418 g/mol. The monoisotopic (exact) mass is 418 g/mol. The molecule has 1 aliphatic heterocycles. The molecule has 0 radical (unpaired) electrons. The lowest BCUT2D eigenvalue weighted by atomic mass is 9.95. The molecule has 4 rings (SSSR count). The van der Waals surface area contributed by atoms with Gasteiger partial charge in [0.05, 0.1) is 11.6 Å². The number of alkyl halides is 1. The van der Waals surface area contributed by atoms with Gasteiger partial charge in [-0.1, -0.05) is 30.3 Å². The summed E-state index contributed by atoms with van der Waals surface area (Å²) in [5, 5.41) is 11.0. The maximum atomic E-state index is 14.3. The van der Waals surface area contributed by atoms with Crippen molar-refractivity contribution in [3.63, 3.8) is 0 Å². The van der Waals surface area contributed by atoms with Crippen LogP contribution in [0.1, 0.15) is 24.3 Å². The number of hydrogen-bond acceptors (Lipinski definition) is 2. The van der Waals surface area contributed by atoms with Gasteiger partial charge in [-0.2, -0.15) is 0 Å². The van der Waals surface area contributed by atoms with E-state index in [1.54, 1.807) is 24.3 Å². The van der Waals surface area contributed by atoms with E-state index >= 15 is 0 Å². The molecule has 0 aromatic heterocycles. The van der Waals surface area contributed by atoms with Crippen molar-refractivity contribution in [2.24, 2.45) is 5.92 Å². The van der Waals surface area contributed by atoms with Crippen LogP contribution >= 0.6 is 0 Å². The first-order valence-electron chi connectivity index (χ1n) is 9.82. The number of nitrogens with zero attached hydrogens (tertiary/aromatic N) is 1. The second kappa shape index (κ2) is 8.01. The summed E-state index contributed by atoms with van der Waals surface area (Å²) in [6.07, 6.45) is -2.09. The lowest BCUT2D eigenvalue weighted by Gasteiger charge is -2.35. The largest absolute Gasteiger partial charge is 0.465 e. The third-order valence-electron chi connectivity index (χ3n) is 5.85. The Morgan fingerprint density at radius 1 is 1.07 bits per heavy atom. The highest BCUT2D eigenvalue weighted by atomic mass is 19.1. The number of piperidine rings is 1. The predicted molar refractivity (Wildman–Crippen MR) is 104 cm³/mol. The Kier molecular flexibility index (Phi) is 5.40. The van der Waals surface area contributed by atoms with Crippen LogP contribution in [0, 0.1) is 17.6 Å². The zero-order chi connectivity index (χ0) is 21.4. The molecule has 2 N–H and O–H groups in total. The smallest absolute Gasteiger partial charge is 0.405 e. The first kappa shape index (κ1) is 20.3. The van der Waals surface area contributed by atoms with E-state index in [4.69, 9.17) is 5.11 Å². The van der Waals surface area contributed by atoms with E-state index < -0.39 is 29.9 Å². The van der Waals surface area contributed by atoms with E-state index in [-0.39, 0.29) is 42.8 Å². The second-order valence-electron chi connectivity index (χ2n) is 7.78. The SMILES string of the molecule is O=C(O)N[C@@H]1CN(C(=O)[C@@H]2C[C@H]2c2ccccc2-c2c(F)cccc2F)CC[C@@H]1F. The summed E-state index contributed by atoms with van der Waals surface area (Å²) < 4.78 is 42.6. The Labute approximate surface area is 171 Å². The molecule has 2 aliphatic rings. The molecule has 2 fully saturated rings. The van der Waals surface area contributed by atoms with Gasteiger partial charge in [-0.3, -0.25) is 4.79 Å². The maximum absolute atomic E-state index is 14.3. The highest BCUT2D eigenvalue weighted by molar-refractivity contribution is 5.84. The van der Waals surface area contributed by atoms with Crippen LogP contribution in [0.2, 0.25) is 0 Å². The molecule has 0 bridgehead atoms. The van der Waals surface area contributed by atoms with Crippen molar-refractivity contribution >= 4 is 12.0 Å². The van der Waals surface area contributed by atoms with Crippen LogP contribution in [0.15, 0.2) is 42.5 Å². The van der Waals surface area contributed by atoms with E-state index in [0.29, 0.717) is 17.5 Å². The Hall–Kier alpha value is -3.03. The van der Waals surface area contributed by atoms with Crippen molar-refractivity contribution in [2.75, 3.05) is 13.1 Å². The zero-order valence-corrected chi connectivity index (χ0v) is 16.0. The number of benzene rings is 2. The molecule has 1 heterocycles. The van der Waals surface area contributed by atoms with Gasteiger partial charge < -0.3 is 15.3 Å². The van der Waals surface area contributed by atoms with E-state index in [2.05, 4.69) is 5.32 Å². The molecular weight excluding hydrogens is 397 g/mol. The topological polar surface area (TPSA) is 69.6 Å². The third kappa shape index (κ3) is 3.86. The quantitative estimate of drug-likeness (QED) is 0.790. The molecule has 1 aliphatic carbocycles. The predicted octanol–water partition coefficient (Wildman–Crippen LogP) is 3.94. The van der Waals surface area contributed by atoms with Crippen LogP contribution in [-0.4, -0.2) is 47.3 Å². The van der Waals surface area contributed by atoms with E-state index in [0.717, 1.165) is 0 Å². The number of rotatable bonds is 4. The van der Waals surface area contributed by atoms with Crippen LogP contribution in [0.3, 0.4) is 0 Å². The zero-order valence-electron chi connectivity index (χ0n) is 16.0. The van der Waals surface area contributed by atoms with Crippen molar-refractivity contribution in [3.8, 4) is 11.1 Å². The lowest BCUT2D eigenvalue weighted by Crippen LogP contribution is -2.55. The number of likely N-dealkylation sites (tertiary alicyclic amines) is 1. The van der Waals surface area contributed by atoms with Crippen LogP contribution < -0.4 is 5.32 Å². The molecule has 158 valence electrons. The van der Waals surface area contributed by atoms with Crippen molar-refractivity contribution in [1.82, 2.24) is 10.2 Å². The van der Waals surface area contributed by atoms with Gasteiger partial charge in [0.1, 0.15) is 17.8 Å². The summed E-state index contributed by atoms with van der Waals surface area (Å²) in [5.74, 6) is -2.09. The molecule has 4 atom stereocenters. The van der Waals surface area contributed by atoms with Gasteiger partial charge in [0, 0.05) is 19.0 Å². The maximum Gasteiger partial charge on any atom is 0.405 e. The number of carbonyl (C=O) groups is 2. The van der Waals surface area contributed by atoms with Gasteiger partial charge in [-0.15, -0.1) is 0 Å². The minimum atomic E-state index is -1.34. The van der Waals surface area contributed by atoms with Crippen molar-refractivity contribution in [3.05, 3.63) is 59.7 Å². The number of hydrogen-bond donors (Lipinski definition) is 2. The number of halogens is 3. The van der Waals surface area contributed by atoms with Gasteiger partial charge >= 0.3 is 6.09 Å². The summed E-state index contributed by atoms with van der Waals surface area (Å²) in [4.78, 5) is 25.3. The number of amides is 2. The molecular formula is C22H21F3N2O3. The minimum absolute atomic E-state index is 0.0287. The van der Waals surface area contributed by atoms with Crippen molar-refractivity contribution in [2.45, 2.75) is 31.0 Å². The van der Waals surface area contributed by atoms with Crippen molar-refractivity contribution in [1.29, 1.82) is 0 Å². The molecule has 8 heteroatoms. The van der Waals surface area contributed by atoms with Crippen LogP contribution in [-0.2, 0) is 4.79 Å². The third-order valence-corrected chi connectivity index (χ3v) is 5.85. The highest BCUT2D eigenvalue weighted by Gasteiger charge is 2.48. The first-order valence-corrected chi connectivity index (χ1v) is 9.82. The molecule has 30 heavy (non-hydrogen) atoms. The number of nitrogens with one attached hydrogen (secondary N) is 1. The Morgan fingerprint density at radius 2 is 1.77 bits per heavy atom. The fourth-order valence-electron chi connectivity index (χ4n) is 4.27. The number of carbonyl (C=O) groups excluding carboxylic acids is 1. The molecule has 5 nitrogen and oxygen atoms in total. The van der Waals surface area contributed by atoms with Gasteiger partial charge in [0.25, 0.3) is 0 Å². The van der Waals surface area contributed by atoms with Gasteiger partial charge in [0.15, 0.2) is 0 Å². The van der Waals surface area contributed by atoms with Crippen LogP contribution in [0.4, 0.5) is 18.0 Å². The van der Waals surface area contributed by atoms with Crippen LogP contribution in [0.5, 0.6) is 0 Å². The molecule has 0 spiro atoms. The Morgan fingerprint density at radius 3 is 2.47 bits per heavy atom. The van der Waals surface area contributed by atoms with E-state index in [9.17, 15) is 22.8 Å². The van der Waals surface area contributed by atoms with Crippen molar-refractivity contribution < 1.29 is 27.9 Å². The minimum Gasteiger partial charge on any atom is -0.465 e. The highest BCUT2D eigenvalue weighted by Crippen LogP contribution is 2.51. The van der Waals surface area contributed by atoms with Crippen LogP contribution in [0.25, 0.3) is 11.1 Å². The lowest BCUT2D eigenvalue weighted by molar-refractivity contribution is -0.134. The van der Waals surface area contributed by atoms with Gasteiger partial charge in [-0.25, -0.2) is 18.0 Å². The first-order chi connectivity index (χ1) is 14.4. The molecule has 2 amide bonds. The van der Waals surface area contributed by atoms with E-state index in [1.807, 2.05) is 0 Å². The fourth-order valence-corrected chi connectivity index (χ4v) is 4.27. The summed E-state index contributed by atoms with van der Waals surface area (Å²) in [7, 11) is 0. The normalized spacial score (nSPS) is 25.6. The molecule has 2 aromatic rings. The van der Waals surface area contributed by atoms with Gasteiger partial charge in [0.2, 0.25) is 5.91 Å². The molecule has 0 unspecified atom stereocenters. The summed E-state index contributed by atoms with van der Waals surface area (Å²) >= 11 is 0. The number of carboxylic acid groups (broad SMARTS) is 1. The molecule has 1 saturated carbocycles. The second-order valence-corrected chi connectivity index (χ2v) is 7.78. The summed E-state index contributed by atoms with van der Waals surface area (Å²) in [6, 6.07) is 9.59. The summed E-state index contributed by atoms with van der Waals surface area (Å²) in [5.41, 5.74) is 0.997. The Bertz CT molecular complexity index is 964. The van der Waals surface area contributed by atoms with Gasteiger partial charge in [-0.05, 0) is 42.0 Å². The summed E-state index contributed by atoms with van der Waals surface area (Å²) in [6.45, 7) is 0.184. The molecule has 2 aromatic carbocycles. The molecule has 1 saturated heterocycles.